The van der Waals surface area contributed by atoms with Crippen molar-refractivity contribution < 1.29 is 14.3 Å². The van der Waals surface area contributed by atoms with E-state index in [2.05, 4.69) is 21.2 Å². The van der Waals surface area contributed by atoms with E-state index in [1.54, 1.807) is 30.3 Å². The van der Waals surface area contributed by atoms with Gasteiger partial charge in [-0.15, -0.1) is 0 Å². The number of ether oxygens (including phenoxy) is 2. The van der Waals surface area contributed by atoms with Gasteiger partial charge in [0.25, 0.3) is 5.91 Å². The Balaban J connectivity index is 1.68. The lowest BCUT2D eigenvalue weighted by molar-refractivity contribution is -0.123. The standard InChI is InChI=1S/C16H14BrCl2NO3/c17-12-9-11(18)5-6-14(12)23-10-16(21)20-7-8-22-15-4-2-1-3-13(15)19/h1-6,9H,7-8,10H2,(H,20,21). The lowest BCUT2D eigenvalue weighted by Gasteiger charge is -2.10. The van der Waals surface area contributed by atoms with Crippen molar-refractivity contribution in [3.05, 3.63) is 57.0 Å². The first-order valence-corrected chi connectivity index (χ1v) is 8.33. The molecule has 0 aliphatic heterocycles. The van der Waals surface area contributed by atoms with Crippen LogP contribution in [-0.2, 0) is 4.79 Å². The summed E-state index contributed by atoms with van der Waals surface area (Å²) < 4.78 is 11.6. The van der Waals surface area contributed by atoms with Crippen molar-refractivity contribution in [1.29, 1.82) is 0 Å². The molecule has 0 radical (unpaired) electrons. The summed E-state index contributed by atoms with van der Waals surface area (Å²) in [5.41, 5.74) is 0. The van der Waals surface area contributed by atoms with Crippen LogP contribution in [0.1, 0.15) is 0 Å². The number of hydrogen-bond acceptors (Lipinski definition) is 3. The maximum atomic E-state index is 11.7. The van der Waals surface area contributed by atoms with Crippen LogP contribution >= 0.6 is 39.1 Å². The van der Waals surface area contributed by atoms with E-state index in [-0.39, 0.29) is 12.5 Å². The van der Waals surface area contributed by atoms with Gasteiger partial charge in [-0.1, -0.05) is 35.3 Å². The molecule has 2 aromatic carbocycles. The van der Waals surface area contributed by atoms with E-state index in [9.17, 15) is 4.79 Å². The molecule has 23 heavy (non-hydrogen) atoms. The van der Waals surface area contributed by atoms with Gasteiger partial charge in [0.2, 0.25) is 0 Å². The van der Waals surface area contributed by atoms with Crippen LogP contribution in [-0.4, -0.2) is 25.7 Å². The summed E-state index contributed by atoms with van der Waals surface area (Å²) in [6, 6.07) is 12.3. The van der Waals surface area contributed by atoms with E-state index in [0.29, 0.717) is 39.2 Å². The average Bonchev–Trinajstić information content (AvgIpc) is 2.52. The third-order valence-corrected chi connectivity index (χ3v) is 3.94. The minimum absolute atomic E-state index is 0.0909. The molecule has 0 aliphatic carbocycles. The number of benzene rings is 2. The van der Waals surface area contributed by atoms with Crippen LogP contribution in [0, 0.1) is 0 Å². The minimum Gasteiger partial charge on any atom is -0.490 e. The quantitative estimate of drug-likeness (QED) is 0.680. The molecule has 0 unspecified atom stereocenters. The van der Waals surface area contributed by atoms with Gasteiger partial charge in [-0.25, -0.2) is 0 Å². The molecule has 2 rings (SSSR count). The van der Waals surface area contributed by atoms with E-state index in [1.807, 2.05) is 12.1 Å². The van der Waals surface area contributed by atoms with Crippen LogP contribution in [0.2, 0.25) is 10.0 Å². The van der Waals surface area contributed by atoms with Gasteiger partial charge in [-0.05, 0) is 46.3 Å². The summed E-state index contributed by atoms with van der Waals surface area (Å²) in [6.45, 7) is 0.585. The number of carbonyl (C=O) groups excluding carboxylic acids is 1. The van der Waals surface area contributed by atoms with Crippen molar-refractivity contribution in [3.8, 4) is 11.5 Å². The second kappa shape index (κ2) is 9.01. The lowest BCUT2D eigenvalue weighted by Crippen LogP contribution is -2.32. The molecule has 0 aromatic heterocycles. The minimum atomic E-state index is -0.241. The monoisotopic (exact) mass is 417 g/mol. The second-order valence-corrected chi connectivity index (χ2v) is 6.19. The van der Waals surface area contributed by atoms with E-state index >= 15 is 0 Å². The third kappa shape index (κ3) is 5.94. The maximum absolute atomic E-state index is 11.7. The van der Waals surface area contributed by atoms with Crippen molar-refractivity contribution in [2.75, 3.05) is 19.8 Å². The number of nitrogens with one attached hydrogen (secondary N) is 1. The molecular formula is C16H14BrCl2NO3. The molecule has 2 aromatic rings. The second-order valence-electron chi connectivity index (χ2n) is 4.49. The largest absolute Gasteiger partial charge is 0.490 e. The molecule has 7 heteroatoms. The lowest BCUT2D eigenvalue weighted by atomic mass is 10.3. The van der Waals surface area contributed by atoms with E-state index in [0.717, 1.165) is 0 Å². The van der Waals surface area contributed by atoms with Crippen LogP contribution in [0.4, 0.5) is 0 Å². The van der Waals surface area contributed by atoms with E-state index in [1.165, 1.54) is 0 Å². The summed E-state index contributed by atoms with van der Waals surface area (Å²) in [7, 11) is 0. The molecule has 0 saturated carbocycles. The van der Waals surface area contributed by atoms with Gasteiger partial charge < -0.3 is 14.8 Å². The molecule has 0 aliphatic rings. The first-order valence-electron chi connectivity index (χ1n) is 6.78. The number of rotatable bonds is 7. The molecule has 0 spiro atoms. The highest BCUT2D eigenvalue weighted by molar-refractivity contribution is 9.10. The smallest absolute Gasteiger partial charge is 0.258 e. The highest BCUT2D eigenvalue weighted by atomic mass is 79.9. The Hall–Kier alpha value is -1.43. The van der Waals surface area contributed by atoms with Crippen LogP contribution in [0.25, 0.3) is 0 Å². The Morgan fingerprint density at radius 2 is 1.87 bits per heavy atom. The Morgan fingerprint density at radius 3 is 2.61 bits per heavy atom. The van der Waals surface area contributed by atoms with Crippen molar-refractivity contribution in [3.63, 3.8) is 0 Å². The van der Waals surface area contributed by atoms with Crippen LogP contribution in [0.3, 0.4) is 0 Å². The van der Waals surface area contributed by atoms with Gasteiger partial charge in [0.1, 0.15) is 18.1 Å². The van der Waals surface area contributed by atoms with Crippen LogP contribution < -0.4 is 14.8 Å². The Labute approximate surface area is 152 Å². The maximum Gasteiger partial charge on any atom is 0.258 e. The number of halogens is 3. The molecule has 4 nitrogen and oxygen atoms in total. The van der Waals surface area contributed by atoms with Gasteiger partial charge in [0.15, 0.2) is 6.61 Å². The van der Waals surface area contributed by atoms with Crippen molar-refractivity contribution in [2.45, 2.75) is 0 Å². The SMILES string of the molecule is O=C(COc1ccc(Cl)cc1Br)NCCOc1ccccc1Cl. The highest BCUT2D eigenvalue weighted by Gasteiger charge is 2.06. The molecule has 0 atom stereocenters. The number of para-hydroxylation sites is 1. The van der Waals surface area contributed by atoms with E-state index in [4.69, 9.17) is 32.7 Å². The number of hydrogen-bond donors (Lipinski definition) is 1. The fourth-order valence-corrected chi connectivity index (χ4v) is 2.69. The van der Waals surface area contributed by atoms with Crippen molar-refractivity contribution in [2.24, 2.45) is 0 Å². The van der Waals surface area contributed by atoms with E-state index < -0.39 is 0 Å². The average molecular weight is 419 g/mol. The summed E-state index contributed by atoms with van der Waals surface area (Å²) in [5, 5.41) is 3.83. The number of amides is 1. The zero-order valence-corrected chi connectivity index (χ0v) is 15.1. The molecule has 1 amide bonds. The molecule has 0 heterocycles. The van der Waals surface area contributed by atoms with Gasteiger partial charge in [0.05, 0.1) is 16.0 Å². The predicted octanol–water partition coefficient (Wildman–Crippen LogP) is 4.33. The Morgan fingerprint density at radius 1 is 1.09 bits per heavy atom. The topological polar surface area (TPSA) is 47.6 Å². The zero-order valence-electron chi connectivity index (χ0n) is 12.0. The molecule has 0 fully saturated rings. The fraction of sp³-hybridized carbons (Fsp3) is 0.188. The summed E-state index contributed by atoms with van der Waals surface area (Å²) in [5.74, 6) is 0.899. The summed E-state index contributed by atoms with van der Waals surface area (Å²) in [4.78, 5) is 11.7. The Bertz CT molecular complexity index is 682. The number of carbonyl (C=O) groups is 1. The van der Waals surface area contributed by atoms with Gasteiger partial charge >= 0.3 is 0 Å². The molecule has 0 saturated heterocycles. The summed E-state index contributed by atoms with van der Waals surface area (Å²) >= 11 is 15.1. The van der Waals surface area contributed by atoms with Gasteiger partial charge in [-0.3, -0.25) is 4.79 Å². The van der Waals surface area contributed by atoms with Gasteiger partial charge in [0, 0.05) is 5.02 Å². The van der Waals surface area contributed by atoms with Crippen molar-refractivity contribution >= 4 is 45.0 Å². The van der Waals surface area contributed by atoms with Crippen LogP contribution in [0.15, 0.2) is 46.9 Å². The zero-order chi connectivity index (χ0) is 16.7. The summed E-state index contributed by atoms with van der Waals surface area (Å²) in [6.07, 6.45) is 0. The predicted molar refractivity (Wildman–Crippen MR) is 94.6 cm³/mol. The third-order valence-electron chi connectivity index (χ3n) is 2.77. The first kappa shape index (κ1) is 17.9. The normalized spacial score (nSPS) is 10.2. The van der Waals surface area contributed by atoms with Gasteiger partial charge in [-0.2, -0.15) is 0 Å². The Kier molecular flexibility index (Phi) is 7.02. The van der Waals surface area contributed by atoms with Crippen LogP contribution in [0.5, 0.6) is 11.5 Å². The first-order chi connectivity index (χ1) is 11.1. The molecule has 0 bridgehead atoms. The fourth-order valence-electron chi connectivity index (χ4n) is 1.70. The molecule has 122 valence electrons. The molecule has 1 N–H and O–H groups in total. The highest BCUT2D eigenvalue weighted by Crippen LogP contribution is 2.27. The van der Waals surface area contributed by atoms with Crippen molar-refractivity contribution in [1.82, 2.24) is 5.32 Å². The molecular weight excluding hydrogens is 405 g/mol.